The van der Waals surface area contributed by atoms with Crippen LogP contribution in [-0.2, 0) is 7.05 Å². The van der Waals surface area contributed by atoms with E-state index in [1.165, 1.54) is 5.56 Å². The van der Waals surface area contributed by atoms with Crippen molar-refractivity contribution in [2.45, 2.75) is 19.8 Å². The fourth-order valence-corrected chi connectivity index (χ4v) is 1.74. The molecule has 2 aromatic heterocycles. The van der Waals surface area contributed by atoms with E-state index in [9.17, 15) is 4.79 Å². The molecule has 3 heteroatoms. The largest absolute Gasteiger partial charge is 0.316 e. The highest BCUT2D eigenvalue weighted by Gasteiger charge is 2.06. The maximum absolute atomic E-state index is 11.5. The van der Waals surface area contributed by atoms with Gasteiger partial charge in [-0.25, -0.2) is 0 Å². The molecule has 2 aromatic rings. The molecule has 3 nitrogen and oxygen atoms in total. The molecular weight excluding hydrogens is 188 g/mol. The van der Waals surface area contributed by atoms with E-state index in [0.717, 1.165) is 10.9 Å². The number of hydrogen-bond donors (Lipinski definition) is 0. The van der Waals surface area contributed by atoms with E-state index in [1.54, 1.807) is 30.1 Å². The lowest BCUT2D eigenvalue weighted by Gasteiger charge is -2.09. The highest BCUT2D eigenvalue weighted by Crippen LogP contribution is 2.21. The maximum atomic E-state index is 11.5. The average Bonchev–Trinajstić information content (AvgIpc) is 2.18. The van der Waals surface area contributed by atoms with Crippen LogP contribution in [-0.4, -0.2) is 9.55 Å². The van der Waals surface area contributed by atoms with Crippen molar-refractivity contribution in [1.29, 1.82) is 0 Å². The normalized spacial score (nSPS) is 11.2. The Balaban J connectivity index is 2.86. The Bertz CT molecular complexity index is 555. The van der Waals surface area contributed by atoms with Gasteiger partial charge in [0.1, 0.15) is 0 Å². The van der Waals surface area contributed by atoms with Crippen LogP contribution in [0.15, 0.2) is 29.3 Å². The van der Waals surface area contributed by atoms with Gasteiger partial charge in [-0.3, -0.25) is 9.78 Å². The molecule has 0 radical (unpaired) electrons. The molecule has 15 heavy (non-hydrogen) atoms. The maximum Gasteiger partial charge on any atom is 0.251 e. The first kappa shape index (κ1) is 9.90. The number of nitrogens with zero attached hydrogens (tertiary/aromatic N) is 2. The monoisotopic (exact) mass is 202 g/mol. The fraction of sp³-hybridized carbons (Fsp3) is 0.333. The molecule has 0 N–H and O–H groups in total. The first-order valence-corrected chi connectivity index (χ1v) is 5.05. The van der Waals surface area contributed by atoms with Gasteiger partial charge in [-0.15, -0.1) is 0 Å². The van der Waals surface area contributed by atoms with Crippen LogP contribution in [0.4, 0.5) is 0 Å². The lowest BCUT2D eigenvalue weighted by Crippen LogP contribution is -2.15. The van der Waals surface area contributed by atoms with Crippen molar-refractivity contribution in [3.63, 3.8) is 0 Å². The van der Waals surface area contributed by atoms with E-state index in [-0.39, 0.29) is 5.56 Å². The number of aryl methyl sites for hydroxylation is 1. The van der Waals surface area contributed by atoms with Gasteiger partial charge in [0.15, 0.2) is 0 Å². The summed E-state index contributed by atoms with van der Waals surface area (Å²) < 4.78 is 1.56. The highest BCUT2D eigenvalue weighted by molar-refractivity contribution is 5.81. The summed E-state index contributed by atoms with van der Waals surface area (Å²) in [6, 6.07) is 3.64. The lowest BCUT2D eigenvalue weighted by atomic mass is 10.0. The predicted octanol–water partition coefficient (Wildman–Crippen LogP) is 2.06. The van der Waals surface area contributed by atoms with Crippen LogP contribution in [0.25, 0.3) is 10.9 Å². The molecule has 0 amide bonds. The zero-order valence-corrected chi connectivity index (χ0v) is 9.19. The zero-order chi connectivity index (χ0) is 11.0. The second-order valence-corrected chi connectivity index (χ2v) is 4.08. The minimum Gasteiger partial charge on any atom is -0.316 e. The molecule has 0 aliphatic rings. The van der Waals surface area contributed by atoms with Gasteiger partial charge in [0, 0.05) is 30.9 Å². The smallest absolute Gasteiger partial charge is 0.251 e. The summed E-state index contributed by atoms with van der Waals surface area (Å²) in [7, 11) is 1.74. The van der Waals surface area contributed by atoms with Gasteiger partial charge < -0.3 is 4.57 Å². The van der Waals surface area contributed by atoms with Crippen LogP contribution in [0, 0.1) is 0 Å². The summed E-state index contributed by atoms with van der Waals surface area (Å²) in [5.41, 5.74) is 2.07. The molecule has 0 aliphatic carbocycles. The fourth-order valence-electron chi connectivity index (χ4n) is 1.74. The number of pyridine rings is 2. The molecule has 0 bridgehead atoms. The molecular formula is C12H14N2O. The summed E-state index contributed by atoms with van der Waals surface area (Å²) in [6.45, 7) is 4.23. The van der Waals surface area contributed by atoms with Crippen LogP contribution in [0.1, 0.15) is 25.3 Å². The van der Waals surface area contributed by atoms with Gasteiger partial charge in [-0.2, -0.15) is 0 Å². The quantitative estimate of drug-likeness (QED) is 0.709. The van der Waals surface area contributed by atoms with E-state index in [2.05, 4.69) is 18.8 Å². The minimum atomic E-state index is 0.0115. The van der Waals surface area contributed by atoms with Crippen LogP contribution in [0.3, 0.4) is 0 Å². The van der Waals surface area contributed by atoms with Gasteiger partial charge in [0.25, 0.3) is 5.56 Å². The Morgan fingerprint density at radius 2 is 2.13 bits per heavy atom. The number of hydrogen-bond acceptors (Lipinski definition) is 2. The van der Waals surface area contributed by atoms with Crippen LogP contribution in [0.5, 0.6) is 0 Å². The van der Waals surface area contributed by atoms with Gasteiger partial charge in [-0.1, -0.05) is 13.8 Å². The summed E-state index contributed by atoms with van der Waals surface area (Å²) in [5.74, 6) is 0.405. The van der Waals surface area contributed by atoms with Crippen molar-refractivity contribution in [2.24, 2.45) is 7.05 Å². The van der Waals surface area contributed by atoms with Crippen molar-refractivity contribution < 1.29 is 0 Å². The Morgan fingerprint density at radius 3 is 2.80 bits per heavy atom. The topological polar surface area (TPSA) is 34.9 Å². The summed E-state index contributed by atoms with van der Waals surface area (Å²) in [6.07, 6.45) is 3.58. The van der Waals surface area contributed by atoms with Crippen molar-refractivity contribution in [3.05, 3.63) is 40.4 Å². The summed E-state index contributed by atoms with van der Waals surface area (Å²) >= 11 is 0. The average molecular weight is 202 g/mol. The van der Waals surface area contributed by atoms with Crippen LogP contribution in [0.2, 0.25) is 0 Å². The third-order valence-corrected chi connectivity index (χ3v) is 2.61. The Morgan fingerprint density at radius 1 is 1.40 bits per heavy atom. The molecule has 78 valence electrons. The molecule has 0 spiro atoms. The zero-order valence-electron chi connectivity index (χ0n) is 9.19. The van der Waals surface area contributed by atoms with Crippen molar-refractivity contribution in [3.8, 4) is 0 Å². The first-order chi connectivity index (χ1) is 7.09. The van der Waals surface area contributed by atoms with E-state index in [0.29, 0.717) is 5.92 Å². The van der Waals surface area contributed by atoms with Gasteiger partial charge >= 0.3 is 0 Å². The predicted molar refractivity (Wildman–Crippen MR) is 61.1 cm³/mol. The van der Waals surface area contributed by atoms with E-state index < -0.39 is 0 Å². The van der Waals surface area contributed by atoms with Crippen LogP contribution < -0.4 is 5.56 Å². The molecule has 0 aliphatic heterocycles. The third kappa shape index (κ3) is 1.65. The standard InChI is InChI=1S/C12H14N2O/c1-8(2)9-4-5-13-11-7-14(3)12(15)6-10(9)11/h4-8H,1-3H3. The molecule has 0 atom stereocenters. The Labute approximate surface area is 88.4 Å². The van der Waals surface area contributed by atoms with Crippen molar-refractivity contribution in [2.75, 3.05) is 0 Å². The molecule has 0 aromatic carbocycles. The molecule has 0 saturated heterocycles. The Hall–Kier alpha value is -1.64. The van der Waals surface area contributed by atoms with Crippen LogP contribution >= 0.6 is 0 Å². The van der Waals surface area contributed by atoms with E-state index >= 15 is 0 Å². The number of fused-ring (bicyclic) bond motifs is 1. The molecule has 0 saturated carbocycles. The van der Waals surface area contributed by atoms with Gasteiger partial charge in [0.05, 0.1) is 5.52 Å². The molecule has 0 unspecified atom stereocenters. The van der Waals surface area contributed by atoms with Gasteiger partial charge in [0.2, 0.25) is 0 Å². The molecule has 0 fully saturated rings. The highest BCUT2D eigenvalue weighted by atomic mass is 16.1. The summed E-state index contributed by atoms with van der Waals surface area (Å²) in [5, 5.41) is 0.968. The van der Waals surface area contributed by atoms with E-state index in [4.69, 9.17) is 0 Å². The van der Waals surface area contributed by atoms with Crippen molar-refractivity contribution >= 4 is 10.9 Å². The number of rotatable bonds is 1. The van der Waals surface area contributed by atoms with Gasteiger partial charge in [-0.05, 0) is 17.5 Å². The van der Waals surface area contributed by atoms with Crippen molar-refractivity contribution in [1.82, 2.24) is 9.55 Å². The summed E-state index contributed by atoms with van der Waals surface area (Å²) in [4.78, 5) is 15.8. The van der Waals surface area contributed by atoms with E-state index in [1.807, 2.05) is 6.07 Å². The second-order valence-electron chi connectivity index (χ2n) is 4.08. The number of aromatic nitrogens is 2. The second kappa shape index (κ2) is 3.50. The molecule has 2 rings (SSSR count). The Kier molecular flexibility index (Phi) is 2.31. The third-order valence-electron chi connectivity index (χ3n) is 2.61. The lowest BCUT2D eigenvalue weighted by molar-refractivity contribution is 0.854. The minimum absolute atomic E-state index is 0.0115. The molecule has 2 heterocycles. The SMILES string of the molecule is CC(C)c1ccnc2cn(C)c(=O)cc12. The first-order valence-electron chi connectivity index (χ1n) is 5.05.